The highest BCUT2D eigenvalue weighted by Crippen LogP contribution is 2.35. The zero-order valence-corrected chi connectivity index (χ0v) is 17.9. The van der Waals surface area contributed by atoms with Crippen LogP contribution in [0.15, 0.2) is 25.8 Å². The van der Waals surface area contributed by atoms with E-state index in [9.17, 15) is 23.1 Å². The number of sulfone groups is 1. The fraction of sp³-hybridized carbons (Fsp3) is 0.455. The van der Waals surface area contributed by atoms with E-state index in [1.54, 1.807) is 13.0 Å². The molecule has 1 aromatic carbocycles. The Hall–Kier alpha value is -2.65. The summed E-state index contributed by atoms with van der Waals surface area (Å²) >= 11 is 0. The zero-order chi connectivity index (χ0) is 21.9. The minimum atomic E-state index is -3.39. The lowest BCUT2D eigenvalue weighted by Crippen LogP contribution is -2.43. The lowest BCUT2D eigenvalue weighted by molar-refractivity contribution is -0.121. The largest absolute Gasteiger partial charge is 0.461 e. The second-order valence-corrected chi connectivity index (χ2v) is 10.7. The van der Waals surface area contributed by atoms with Gasteiger partial charge in [0.25, 0.3) is 0 Å². The summed E-state index contributed by atoms with van der Waals surface area (Å²) in [6, 6.07) is 2.83. The molecule has 9 heteroatoms. The summed E-state index contributed by atoms with van der Waals surface area (Å²) in [5.41, 5.74) is 2.55. The minimum absolute atomic E-state index is 0.219. The van der Waals surface area contributed by atoms with Crippen LogP contribution in [0.3, 0.4) is 0 Å². The second kappa shape index (κ2) is 7.20. The Bertz CT molecular complexity index is 1380. The highest BCUT2D eigenvalue weighted by Gasteiger charge is 2.37. The Kier molecular flexibility index (Phi) is 4.71. The fourth-order valence-electron chi connectivity index (χ4n) is 4.73. The number of amides is 1. The number of hydrogen-bond acceptors (Lipinski definition) is 7. The summed E-state index contributed by atoms with van der Waals surface area (Å²) in [6.07, 6.45) is 2.65. The van der Waals surface area contributed by atoms with Crippen molar-refractivity contribution < 1.29 is 27.2 Å². The van der Waals surface area contributed by atoms with Gasteiger partial charge in [0, 0.05) is 28.8 Å². The molecule has 1 saturated heterocycles. The summed E-state index contributed by atoms with van der Waals surface area (Å²) in [6.45, 7) is 1.77. The molecular weight excluding hydrogens is 422 g/mol. The molecule has 1 fully saturated rings. The maximum atomic E-state index is 12.6. The van der Waals surface area contributed by atoms with Crippen molar-refractivity contribution in [1.82, 2.24) is 5.32 Å². The molecule has 2 atom stereocenters. The first kappa shape index (κ1) is 20.3. The Morgan fingerprint density at radius 2 is 1.87 bits per heavy atom. The molecule has 0 saturated carbocycles. The Labute approximate surface area is 178 Å². The van der Waals surface area contributed by atoms with E-state index in [1.807, 2.05) is 6.07 Å². The van der Waals surface area contributed by atoms with Crippen molar-refractivity contribution in [3.8, 4) is 0 Å². The molecule has 0 unspecified atom stereocenters. The van der Waals surface area contributed by atoms with Crippen LogP contribution in [0, 0.1) is 6.92 Å². The monoisotopic (exact) mass is 445 g/mol. The number of aliphatic hydroxyl groups excluding tert-OH is 1. The van der Waals surface area contributed by atoms with Crippen molar-refractivity contribution in [2.75, 3.05) is 11.5 Å². The van der Waals surface area contributed by atoms with E-state index < -0.39 is 33.5 Å². The molecule has 1 aliphatic heterocycles. The molecule has 1 amide bonds. The first-order chi connectivity index (χ1) is 14.7. The Balaban J connectivity index is 1.49. The van der Waals surface area contributed by atoms with E-state index in [1.165, 1.54) is 5.56 Å². The van der Waals surface area contributed by atoms with Crippen LogP contribution in [0.1, 0.15) is 35.3 Å². The number of carbonyl (C=O) groups is 1. The van der Waals surface area contributed by atoms with E-state index in [2.05, 4.69) is 5.32 Å². The lowest BCUT2D eigenvalue weighted by atomic mass is 9.94. The van der Waals surface area contributed by atoms with Crippen molar-refractivity contribution in [2.24, 2.45) is 0 Å². The van der Waals surface area contributed by atoms with E-state index in [4.69, 9.17) is 8.83 Å². The van der Waals surface area contributed by atoms with Crippen molar-refractivity contribution in [2.45, 2.75) is 51.2 Å². The smallest absolute Gasteiger partial charge is 0.340 e. The highest BCUT2D eigenvalue weighted by atomic mass is 32.2. The van der Waals surface area contributed by atoms with Crippen LogP contribution in [0.25, 0.3) is 21.9 Å². The predicted molar refractivity (Wildman–Crippen MR) is 114 cm³/mol. The van der Waals surface area contributed by atoms with Gasteiger partial charge in [0.2, 0.25) is 5.91 Å². The molecule has 2 aromatic heterocycles. The van der Waals surface area contributed by atoms with Crippen LogP contribution in [-0.2, 0) is 33.9 Å². The minimum Gasteiger partial charge on any atom is -0.461 e. The number of benzene rings is 1. The summed E-state index contributed by atoms with van der Waals surface area (Å²) in [7, 11) is -3.39. The van der Waals surface area contributed by atoms with Crippen LogP contribution in [0.5, 0.6) is 0 Å². The van der Waals surface area contributed by atoms with Crippen LogP contribution in [0.4, 0.5) is 0 Å². The topological polar surface area (TPSA) is 127 Å². The second-order valence-electron chi connectivity index (χ2n) is 8.54. The third kappa shape index (κ3) is 3.55. The van der Waals surface area contributed by atoms with Gasteiger partial charge in [-0.2, -0.15) is 0 Å². The fourth-order valence-corrected chi connectivity index (χ4v) is 6.48. The van der Waals surface area contributed by atoms with Gasteiger partial charge < -0.3 is 19.3 Å². The number of rotatable bonds is 3. The van der Waals surface area contributed by atoms with Crippen LogP contribution in [0.2, 0.25) is 0 Å². The Morgan fingerprint density at radius 1 is 1.13 bits per heavy atom. The zero-order valence-electron chi connectivity index (χ0n) is 17.1. The molecule has 3 aromatic rings. The number of furan rings is 1. The van der Waals surface area contributed by atoms with Crippen molar-refractivity contribution in [3.05, 3.63) is 45.0 Å². The third-order valence-electron chi connectivity index (χ3n) is 6.37. The molecule has 164 valence electrons. The predicted octanol–water partition coefficient (Wildman–Crippen LogP) is 1.54. The highest BCUT2D eigenvalue weighted by molar-refractivity contribution is 7.91. The van der Waals surface area contributed by atoms with Gasteiger partial charge in [0.15, 0.2) is 9.84 Å². The van der Waals surface area contributed by atoms with Crippen molar-refractivity contribution in [3.63, 3.8) is 0 Å². The van der Waals surface area contributed by atoms with Gasteiger partial charge in [-0.15, -0.1) is 0 Å². The van der Waals surface area contributed by atoms with Gasteiger partial charge in [-0.3, -0.25) is 4.79 Å². The lowest BCUT2D eigenvalue weighted by Gasteiger charge is -2.15. The molecule has 2 aliphatic rings. The van der Waals surface area contributed by atoms with Gasteiger partial charge in [0.1, 0.15) is 16.9 Å². The maximum absolute atomic E-state index is 12.6. The van der Waals surface area contributed by atoms with Crippen LogP contribution in [-0.4, -0.2) is 43.1 Å². The molecule has 0 spiro atoms. The number of aliphatic hydroxyl groups is 1. The van der Waals surface area contributed by atoms with Gasteiger partial charge in [-0.25, -0.2) is 13.2 Å². The van der Waals surface area contributed by atoms with E-state index in [-0.39, 0.29) is 23.5 Å². The van der Waals surface area contributed by atoms with Gasteiger partial charge in [-0.05, 0) is 37.8 Å². The number of fused-ring (bicyclic) bond motifs is 4. The van der Waals surface area contributed by atoms with Gasteiger partial charge in [-0.1, -0.05) is 0 Å². The van der Waals surface area contributed by atoms with E-state index in [0.717, 1.165) is 42.2 Å². The van der Waals surface area contributed by atoms with E-state index in [0.29, 0.717) is 16.7 Å². The first-order valence-electron chi connectivity index (χ1n) is 10.4. The quantitative estimate of drug-likeness (QED) is 0.586. The molecule has 8 nitrogen and oxygen atoms in total. The number of nitrogens with one attached hydrogen (secondary N) is 1. The number of hydrogen-bond donors (Lipinski definition) is 2. The molecule has 1 aliphatic carbocycles. The summed E-state index contributed by atoms with van der Waals surface area (Å²) in [5, 5.41) is 14.2. The normalized spacial score (nSPS) is 22.6. The molecule has 31 heavy (non-hydrogen) atoms. The summed E-state index contributed by atoms with van der Waals surface area (Å²) in [4.78, 5) is 25.1. The molecule has 5 rings (SSSR count). The van der Waals surface area contributed by atoms with Gasteiger partial charge >= 0.3 is 5.63 Å². The van der Waals surface area contributed by atoms with Crippen LogP contribution < -0.4 is 10.9 Å². The van der Waals surface area contributed by atoms with Crippen molar-refractivity contribution in [1.29, 1.82) is 0 Å². The molecule has 2 N–H and O–H groups in total. The summed E-state index contributed by atoms with van der Waals surface area (Å²) in [5.74, 6) is -0.228. The maximum Gasteiger partial charge on any atom is 0.340 e. The van der Waals surface area contributed by atoms with Crippen LogP contribution >= 0.6 is 0 Å². The summed E-state index contributed by atoms with van der Waals surface area (Å²) < 4.78 is 34.8. The molecule has 3 heterocycles. The average Bonchev–Trinajstić information content (AvgIpc) is 3.18. The number of aryl methyl sites for hydroxylation is 3. The molecular formula is C22H23NO7S. The number of carbonyl (C=O) groups excluding carboxylic acids is 1. The van der Waals surface area contributed by atoms with Gasteiger partial charge in [0.05, 0.1) is 35.6 Å². The molecule has 0 bridgehead atoms. The standard InChI is InChI=1S/C22H23NO7S/c1-11-13-6-15-12-4-2-3-5-18(12)29-20(15)8-19(13)30-22(26)14(11)7-21(25)23-16-9-31(27,28)10-17(16)24/h6,8,16-17,24H,2-5,7,9-10H2,1H3,(H,23,25)/t16-,17-/m1/s1. The van der Waals surface area contributed by atoms with E-state index >= 15 is 0 Å². The Morgan fingerprint density at radius 3 is 2.61 bits per heavy atom. The SMILES string of the molecule is Cc1c(CC(=O)N[C@@H]2CS(=O)(=O)C[C@H]2O)c(=O)oc2cc3oc4c(c3cc12)CCCC4. The third-order valence-corrected chi connectivity index (χ3v) is 8.09. The molecule has 0 radical (unpaired) electrons. The van der Waals surface area contributed by atoms with Crippen molar-refractivity contribution >= 4 is 37.7 Å². The average molecular weight is 445 g/mol. The first-order valence-corrected chi connectivity index (χ1v) is 12.2.